The Morgan fingerprint density at radius 3 is 2.86 bits per heavy atom. The van der Waals surface area contributed by atoms with Crippen molar-refractivity contribution in [2.24, 2.45) is 11.8 Å². The van der Waals surface area contributed by atoms with Gasteiger partial charge in [-0.05, 0) is 30.7 Å². The van der Waals surface area contributed by atoms with Gasteiger partial charge in [0.1, 0.15) is 0 Å². The quantitative estimate of drug-likeness (QED) is 0.719. The number of nitrogens with one attached hydrogen (secondary N) is 1. The number of rotatable bonds is 4. The van der Waals surface area contributed by atoms with E-state index in [0.29, 0.717) is 38.1 Å². The number of fused-ring (bicyclic) bond motifs is 3. The highest BCUT2D eigenvalue weighted by Gasteiger charge is 2.38. The fourth-order valence-electron chi connectivity index (χ4n) is 4.91. The van der Waals surface area contributed by atoms with E-state index in [1.807, 2.05) is 18.5 Å². The molecule has 1 aliphatic carbocycles. The van der Waals surface area contributed by atoms with Crippen molar-refractivity contribution in [3.05, 3.63) is 30.4 Å². The van der Waals surface area contributed by atoms with Crippen molar-refractivity contribution in [1.82, 2.24) is 23.7 Å². The summed E-state index contributed by atoms with van der Waals surface area (Å²) < 4.78 is 34.7. The Morgan fingerprint density at radius 1 is 1.21 bits per heavy atom. The van der Waals surface area contributed by atoms with E-state index in [1.54, 1.807) is 10.5 Å². The van der Waals surface area contributed by atoms with Crippen LogP contribution in [0, 0.1) is 11.8 Å². The van der Waals surface area contributed by atoms with Crippen molar-refractivity contribution < 1.29 is 13.2 Å². The van der Waals surface area contributed by atoms with Gasteiger partial charge in [-0.25, -0.2) is 18.4 Å². The van der Waals surface area contributed by atoms with Crippen molar-refractivity contribution in [1.29, 1.82) is 0 Å². The monoisotopic (exact) mass is 403 g/mol. The van der Waals surface area contributed by atoms with Gasteiger partial charge in [-0.15, -0.1) is 0 Å². The molecule has 3 aromatic heterocycles. The third-order valence-electron chi connectivity index (χ3n) is 6.24. The largest absolute Gasteiger partial charge is 0.379 e. The summed E-state index contributed by atoms with van der Waals surface area (Å²) in [6.45, 7) is 4.15. The van der Waals surface area contributed by atoms with E-state index in [2.05, 4.69) is 26.3 Å². The Hall–Kier alpha value is -1.97. The fourth-order valence-corrected chi connectivity index (χ4v) is 6.69. The minimum absolute atomic E-state index is 0.168. The summed E-state index contributed by atoms with van der Waals surface area (Å²) in [6, 6.07) is 2.01. The second-order valence-corrected chi connectivity index (χ2v) is 10.1. The molecule has 1 saturated heterocycles. The number of imidazole rings is 1. The van der Waals surface area contributed by atoms with Crippen LogP contribution in [0.25, 0.3) is 16.8 Å². The van der Waals surface area contributed by atoms with E-state index in [1.165, 1.54) is 0 Å². The van der Waals surface area contributed by atoms with E-state index < -0.39 is 10.0 Å². The first-order chi connectivity index (χ1) is 13.5. The molecule has 28 heavy (non-hydrogen) atoms. The molecule has 1 N–H and O–H groups in total. The molecule has 3 atom stereocenters. The molecule has 3 aromatic rings. The normalized spacial score (nSPS) is 27.1. The maximum Gasteiger partial charge on any atom is 0.214 e. The highest BCUT2D eigenvalue weighted by atomic mass is 32.2. The molecule has 150 valence electrons. The molecule has 2 aliphatic rings. The average Bonchev–Trinajstić information content (AvgIpc) is 3.39. The predicted molar refractivity (Wildman–Crippen MR) is 106 cm³/mol. The van der Waals surface area contributed by atoms with Crippen LogP contribution in [-0.2, 0) is 14.8 Å². The first-order valence-corrected chi connectivity index (χ1v) is 11.5. The number of sulfonamides is 1. The Kier molecular flexibility index (Phi) is 4.41. The Bertz CT molecular complexity index is 1100. The van der Waals surface area contributed by atoms with Crippen LogP contribution in [0.4, 0.5) is 0 Å². The second kappa shape index (κ2) is 6.82. The molecule has 8 nitrogen and oxygen atoms in total. The number of hydrogen-bond donors (Lipinski definition) is 1. The van der Waals surface area contributed by atoms with Crippen molar-refractivity contribution in [2.45, 2.75) is 25.7 Å². The average molecular weight is 404 g/mol. The molecule has 0 amide bonds. The zero-order chi connectivity index (χ0) is 19.3. The lowest BCUT2D eigenvalue weighted by Crippen LogP contribution is -2.42. The van der Waals surface area contributed by atoms with E-state index in [0.717, 1.165) is 35.3 Å². The molecule has 2 fully saturated rings. The number of nitrogens with zero attached hydrogens (tertiary/aromatic N) is 4. The Labute approximate surface area is 164 Å². The minimum Gasteiger partial charge on any atom is -0.379 e. The van der Waals surface area contributed by atoms with Gasteiger partial charge in [0.15, 0.2) is 11.3 Å². The zero-order valence-electron chi connectivity index (χ0n) is 15.9. The van der Waals surface area contributed by atoms with Crippen LogP contribution in [0.3, 0.4) is 0 Å². The molecule has 0 aromatic carbocycles. The van der Waals surface area contributed by atoms with Gasteiger partial charge in [-0.3, -0.25) is 4.40 Å². The van der Waals surface area contributed by atoms with Crippen LogP contribution in [0.1, 0.15) is 31.4 Å². The molecular formula is C19H25N5O3S. The van der Waals surface area contributed by atoms with E-state index >= 15 is 0 Å². The number of H-pyrrole nitrogens is 1. The van der Waals surface area contributed by atoms with E-state index in [4.69, 9.17) is 4.74 Å². The van der Waals surface area contributed by atoms with Gasteiger partial charge in [-0.1, -0.05) is 6.92 Å². The maximum absolute atomic E-state index is 12.8. The SMILES string of the molecule is C[C@@H]1C[C@H](CS(=O)(=O)N2CCOCC2)C[C@@H]1c1cnc2cnc3[nH]ccc3n12. The smallest absolute Gasteiger partial charge is 0.214 e. The number of ether oxygens (including phenoxy) is 1. The third kappa shape index (κ3) is 3.01. The van der Waals surface area contributed by atoms with Gasteiger partial charge in [0.25, 0.3) is 0 Å². The predicted octanol–water partition coefficient (Wildman–Crippen LogP) is 2.00. The van der Waals surface area contributed by atoms with Crippen LogP contribution in [0.15, 0.2) is 24.7 Å². The lowest BCUT2D eigenvalue weighted by Gasteiger charge is -2.27. The second-order valence-electron chi connectivity index (χ2n) is 8.06. The highest BCUT2D eigenvalue weighted by molar-refractivity contribution is 7.89. The summed E-state index contributed by atoms with van der Waals surface area (Å²) in [6.07, 6.45) is 7.39. The number of hydrogen-bond acceptors (Lipinski definition) is 5. The number of aromatic amines is 1. The molecule has 5 rings (SSSR count). The number of aromatic nitrogens is 4. The third-order valence-corrected chi connectivity index (χ3v) is 8.28. The topological polar surface area (TPSA) is 92.6 Å². The van der Waals surface area contributed by atoms with Crippen molar-refractivity contribution in [3.63, 3.8) is 0 Å². The summed E-state index contributed by atoms with van der Waals surface area (Å²) in [5.41, 5.74) is 3.84. The van der Waals surface area contributed by atoms with Crippen LogP contribution < -0.4 is 0 Å². The molecular weight excluding hydrogens is 378 g/mol. The molecule has 1 aliphatic heterocycles. The van der Waals surface area contributed by atoms with Gasteiger partial charge in [-0.2, -0.15) is 4.31 Å². The summed E-state index contributed by atoms with van der Waals surface area (Å²) in [5.74, 6) is 1.10. The lowest BCUT2D eigenvalue weighted by atomic mass is 9.95. The van der Waals surface area contributed by atoms with Gasteiger partial charge in [0, 0.05) is 37.1 Å². The summed E-state index contributed by atoms with van der Waals surface area (Å²) in [7, 11) is -3.23. The summed E-state index contributed by atoms with van der Waals surface area (Å²) >= 11 is 0. The summed E-state index contributed by atoms with van der Waals surface area (Å²) in [5, 5.41) is 0. The van der Waals surface area contributed by atoms with Gasteiger partial charge >= 0.3 is 0 Å². The molecule has 1 saturated carbocycles. The Balaban J connectivity index is 1.41. The lowest BCUT2D eigenvalue weighted by molar-refractivity contribution is 0.0729. The van der Waals surface area contributed by atoms with Gasteiger partial charge < -0.3 is 9.72 Å². The van der Waals surface area contributed by atoms with Crippen LogP contribution >= 0.6 is 0 Å². The zero-order valence-corrected chi connectivity index (χ0v) is 16.7. The van der Waals surface area contributed by atoms with Crippen LogP contribution in [0.5, 0.6) is 0 Å². The summed E-state index contributed by atoms with van der Waals surface area (Å²) in [4.78, 5) is 12.1. The standard InChI is InChI=1S/C19H25N5O3S/c1-13-8-14(12-28(25,26)23-4-6-27-7-5-23)9-15(13)17-10-21-18-11-22-19-16(24(17)18)2-3-20-19/h2-3,10-11,13-15,20H,4-9,12H2,1H3/t13-,14+,15+/m1/s1. The van der Waals surface area contributed by atoms with Crippen LogP contribution in [0.2, 0.25) is 0 Å². The van der Waals surface area contributed by atoms with Crippen molar-refractivity contribution in [2.75, 3.05) is 32.1 Å². The van der Waals surface area contributed by atoms with Crippen molar-refractivity contribution >= 4 is 26.8 Å². The van der Waals surface area contributed by atoms with Crippen LogP contribution in [-0.4, -0.2) is 64.1 Å². The molecule has 0 radical (unpaired) electrons. The highest BCUT2D eigenvalue weighted by Crippen LogP contribution is 2.44. The van der Waals surface area contributed by atoms with Gasteiger partial charge in [0.05, 0.1) is 30.7 Å². The molecule has 4 heterocycles. The Morgan fingerprint density at radius 2 is 2.04 bits per heavy atom. The van der Waals surface area contributed by atoms with E-state index in [9.17, 15) is 8.42 Å². The van der Waals surface area contributed by atoms with Crippen molar-refractivity contribution in [3.8, 4) is 0 Å². The first kappa shape index (κ1) is 18.1. The van der Waals surface area contributed by atoms with Gasteiger partial charge in [0.2, 0.25) is 10.0 Å². The molecule has 9 heteroatoms. The molecule has 0 unspecified atom stereocenters. The first-order valence-electron chi connectivity index (χ1n) is 9.88. The molecule has 0 spiro atoms. The number of morpholine rings is 1. The fraction of sp³-hybridized carbons (Fsp3) is 0.579. The minimum atomic E-state index is -3.23. The molecule has 0 bridgehead atoms. The van der Waals surface area contributed by atoms with E-state index in [-0.39, 0.29) is 11.7 Å². The maximum atomic E-state index is 12.8.